The summed E-state index contributed by atoms with van der Waals surface area (Å²) in [5.74, 6) is 6.03. The van der Waals surface area contributed by atoms with Gasteiger partial charge < -0.3 is 22.1 Å². The second-order valence-electron chi connectivity index (χ2n) is 18.5. The minimum absolute atomic E-state index is 0.0483. The van der Waals surface area contributed by atoms with Crippen LogP contribution in [0.2, 0.25) is 0 Å². The Kier molecular flexibility index (Phi) is 13.6. The van der Waals surface area contributed by atoms with Crippen LogP contribution in [0.5, 0.6) is 0 Å². The molecule has 22 heteroatoms. The number of aryl methyl sites for hydroxylation is 2. The van der Waals surface area contributed by atoms with Crippen molar-refractivity contribution in [3.8, 4) is 23.2 Å². The van der Waals surface area contributed by atoms with Gasteiger partial charge in [-0.05, 0) is 74.0 Å². The summed E-state index contributed by atoms with van der Waals surface area (Å²) in [4.78, 5) is 73.2. The third-order valence-corrected chi connectivity index (χ3v) is 12.9. The number of fused-ring (bicyclic) bond motifs is 4. The molecule has 12 aromatic rings. The van der Waals surface area contributed by atoms with Gasteiger partial charge in [0.05, 0.1) is 63.2 Å². The summed E-state index contributed by atoms with van der Waals surface area (Å²) in [6.07, 6.45) is 17.3. The quantitative estimate of drug-likeness (QED) is 0.114. The molecule has 0 aliphatic rings. The maximum absolute atomic E-state index is 14.2. The molecule has 4 aromatic carbocycles. The van der Waals surface area contributed by atoms with E-state index in [-0.39, 0.29) is 33.9 Å². The van der Waals surface area contributed by atoms with Gasteiger partial charge in [-0.1, -0.05) is 78.6 Å². The molecule has 0 spiro atoms. The Morgan fingerprint density at radius 2 is 1.10 bits per heavy atom. The van der Waals surface area contributed by atoms with Gasteiger partial charge in [-0.3, -0.25) is 37.7 Å². The van der Waals surface area contributed by atoms with E-state index in [1.165, 1.54) is 18.2 Å². The monoisotopic (exact) mass is 1060 g/mol. The minimum Gasteiger partial charge on any atom is -0.381 e. The van der Waals surface area contributed by atoms with Crippen LogP contribution < -0.4 is 33.2 Å². The van der Waals surface area contributed by atoms with Crippen molar-refractivity contribution in [3.63, 3.8) is 0 Å². The van der Waals surface area contributed by atoms with Crippen molar-refractivity contribution in [2.45, 2.75) is 25.9 Å². The fourth-order valence-corrected chi connectivity index (χ4v) is 9.24. The highest BCUT2D eigenvalue weighted by atomic mass is 16.2. The van der Waals surface area contributed by atoms with Gasteiger partial charge in [0.25, 0.3) is 22.9 Å². The summed E-state index contributed by atoms with van der Waals surface area (Å²) in [5.41, 5.74) is 17.6. The maximum atomic E-state index is 14.2. The lowest BCUT2D eigenvalue weighted by Crippen LogP contribution is -2.33. The molecule has 0 radical (unpaired) electrons. The number of nitrogen functional groups attached to an aromatic ring is 2. The number of nitrogens with zero attached hydrogens (tertiary/aromatic N) is 14. The smallest absolute Gasteiger partial charge is 0.267 e. The van der Waals surface area contributed by atoms with E-state index in [1.807, 2.05) is 105 Å². The van der Waals surface area contributed by atoms with Crippen molar-refractivity contribution in [2.24, 2.45) is 14.1 Å². The van der Waals surface area contributed by atoms with E-state index in [1.54, 1.807) is 103 Å². The lowest BCUT2D eigenvalue weighted by Gasteiger charge is -2.20. The summed E-state index contributed by atoms with van der Waals surface area (Å²) in [7, 11) is 3.66. The van der Waals surface area contributed by atoms with Crippen LogP contribution in [0.3, 0.4) is 0 Å². The molecule has 0 bridgehead atoms. The normalized spacial score (nSPS) is 12.1. The second-order valence-corrected chi connectivity index (χ2v) is 18.5. The molecule has 2 amide bonds. The number of nitrogens with one attached hydrogen (secondary N) is 2. The fraction of sp³-hybridized carbons (Fsp3) is 0.103. The lowest BCUT2D eigenvalue weighted by atomic mass is 10.1. The largest absolute Gasteiger partial charge is 0.381 e. The molecule has 8 heterocycles. The first-order chi connectivity index (χ1) is 38.8. The molecule has 0 aliphatic carbocycles. The van der Waals surface area contributed by atoms with E-state index >= 15 is 0 Å². The first-order valence-corrected chi connectivity index (χ1v) is 25.0. The van der Waals surface area contributed by atoms with Gasteiger partial charge in [0.2, 0.25) is 0 Å². The van der Waals surface area contributed by atoms with Crippen molar-refractivity contribution >= 4 is 68.7 Å². The summed E-state index contributed by atoms with van der Waals surface area (Å²) in [6, 6.07) is 31.3. The number of rotatable bonds is 10. The number of benzene rings is 4. The van der Waals surface area contributed by atoms with Crippen LogP contribution in [0.1, 0.15) is 80.5 Å². The Morgan fingerprint density at radius 1 is 0.588 bits per heavy atom. The number of anilines is 2. The van der Waals surface area contributed by atoms with Crippen molar-refractivity contribution in [3.05, 3.63) is 225 Å². The number of hydrogen-bond donors (Lipinski definition) is 4. The van der Waals surface area contributed by atoms with E-state index in [4.69, 9.17) is 21.4 Å². The Morgan fingerprint density at radius 3 is 1.62 bits per heavy atom. The van der Waals surface area contributed by atoms with Crippen LogP contribution in [-0.2, 0) is 14.1 Å². The number of carbonyl (C=O) groups is 2. The van der Waals surface area contributed by atoms with Crippen LogP contribution in [0, 0.1) is 11.8 Å². The van der Waals surface area contributed by atoms with Crippen molar-refractivity contribution in [2.75, 3.05) is 11.5 Å². The van der Waals surface area contributed by atoms with E-state index in [2.05, 4.69) is 52.8 Å². The van der Waals surface area contributed by atoms with E-state index in [0.717, 1.165) is 16.7 Å². The molecule has 2 atom stereocenters. The highest BCUT2D eigenvalue weighted by Crippen LogP contribution is 2.25. The molecule has 0 saturated carbocycles. The Hall–Kier alpha value is -11.3. The molecule has 0 aliphatic heterocycles. The standard InChI is InChI=1S/C29H25N9O2.C29H23N9O2/c2*1-18(33-28(39)24-25(30)35-37-15-7-14-31-27(24)37)26-34-22-11-6-8-20(13-12-19-16-32-36(2)17-19)23(22)29(40)38(26)21-9-4-3-5-10-21/h3-18H,1-2H3,(H2,30,35)(H,33,39);3-11,14-18H,1-2H3,(H2,30,35)(H,33,39)/b13-12-;/t2*18-/m00/s1. The maximum Gasteiger partial charge on any atom is 0.267 e. The van der Waals surface area contributed by atoms with Crippen LogP contribution in [0.4, 0.5) is 11.6 Å². The zero-order valence-electron chi connectivity index (χ0n) is 43.4. The molecule has 0 unspecified atom stereocenters. The van der Waals surface area contributed by atoms with Gasteiger partial charge in [0.15, 0.2) is 22.9 Å². The van der Waals surface area contributed by atoms with Crippen LogP contribution in [-0.4, -0.2) is 79.7 Å². The number of para-hydroxylation sites is 2. The van der Waals surface area contributed by atoms with Crippen LogP contribution >= 0.6 is 0 Å². The molecule has 80 heavy (non-hydrogen) atoms. The van der Waals surface area contributed by atoms with Crippen molar-refractivity contribution in [1.29, 1.82) is 0 Å². The summed E-state index contributed by atoms with van der Waals surface area (Å²) in [6.45, 7) is 3.53. The number of nitrogens with two attached hydrogens (primary N) is 2. The van der Waals surface area contributed by atoms with Gasteiger partial charge in [-0.25, -0.2) is 29.0 Å². The van der Waals surface area contributed by atoms with Crippen molar-refractivity contribution in [1.82, 2.24) is 78.5 Å². The highest BCUT2D eigenvalue weighted by molar-refractivity contribution is 6.05. The zero-order chi connectivity index (χ0) is 55.6. The van der Waals surface area contributed by atoms with Gasteiger partial charge in [0.1, 0.15) is 22.8 Å². The van der Waals surface area contributed by atoms with Crippen molar-refractivity contribution < 1.29 is 9.59 Å². The Bertz CT molecular complexity index is 4580. The molecule has 0 saturated heterocycles. The van der Waals surface area contributed by atoms with E-state index in [9.17, 15) is 19.2 Å². The van der Waals surface area contributed by atoms with Gasteiger partial charge in [-0.2, -0.15) is 10.2 Å². The van der Waals surface area contributed by atoms with Crippen LogP contribution in [0.25, 0.3) is 56.6 Å². The Balaban J connectivity index is 0.000000169. The number of aromatic nitrogens is 14. The second kappa shape index (κ2) is 21.4. The van der Waals surface area contributed by atoms with E-state index in [0.29, 0.717) is 61.7 Å². The molecule has 22 nitrogen and oxygen atoms in total. The topological polar surface area (TPSA) is 276 Å². The predicted molar refractivity (Wildman–Crippen MR) is 303 cm³/mol. The van der Waals surface area contributed by atoms with Crippen LogP contribution in [0.15, 0.2) is 168 Å². The average molecular weight is 1060 g/mol. The van der Waals surface area contributed by atoms with Gasteiger partial charge in [0, 0.05) is 62.4 Å². The Labute approximate surface area is 454 Å². The molecule has 8 aromatic heterocycles. The molecular weight excluding hydrogens is 1010 g/mol. The van der Waals surface area contributed by atoms with Gasteiger partial charge in [-0.15, -0.1) is 10.2 Å². The third kappa shape index (κ3) is 9.87. The lowest BCUT2D eigenvalue weighted by molar-refractivity contribution is 0.0931. The number of hydrogen-bond acceptors (Lipinski definition) is 14. The number of carbonyl (C=O) groups excluding carboxylic acids is 2. The third-order valence-electron chi connectivity index (χ3n) is 12.9. The first kappa shape index (κ1) is 50.8. The summed E-state index contributed by atoms with van der Waals surface area (Å²) >= 11 is 0. The SMILES string of the molecule is C[C@H](NC(=O)c1c(N)nn2cccnc12)c1nc2cccc(/C=C\c3cnn(C)c3)c2c(=O)n1-c1ccccc1.C[C@H](NC(=O)c1c(N)nn2cccnc12)c1nc2cccc(C#Cc3cnn(C)c3)c2c(=O)n1-c1ccccc1. The molecule has 6 N–H and O–H groups in total. The number of amides is 2. The average Bonchev–Trinajstić information content (AvgIpc) is 4.34. The summed E-state index contributed by atoms with van der Waals surface area (Å²) < 4.78 is 9.30. The fourth-order valence-electron chi connectivity index (χ4n) is 9.24. The summed E-state index contributed by atoms with van der Waals surface area (Å²) in [5, 5.41) is 23.4. The molecule has 12 rings (SSSR count). The predicted octanol–water partition coefficient (Wildman–Crippen LogP) is 6.04. The van der Waals surface area contributed by atoms with Gasteiger partial charge >= 0.3 is 0 Å². The van der Waals surface area contributed by atoms with E-state index < -0.39 is 23.9 Å². The molecular formula is C58H48N18O4. The molecule has 0 fully saturated rings. The zero-order valence-corrected chi connectivity index (χ0v) is 43.4. The minimum atomic E-state index is -0.687. The molecule has 394 valence electrons. The first-order valence-electron chi connectivity index (χ1n) is 25.0. The highest BCUT2D eigenvalue weighted by Gasteiger charge is 2.27.